The Morgan fingerprint density at radius 3 is 2.88 bits per heavy atom. The minimum atomic E-state index is -0.208. The summed E-state index contributed by atoms with van der Waals surface area (Å²) in [5.41, 5.74) is 2.94. The van der Waals surface area contributed by atoms with Crippen molar-refractivity contribution in [3.8, 4) is 0 Å². The van der Waals surface area contributed by atoms with Crippen molar-refractivity contribution in [2.45, 2.75) is 26.8 Å². The summed E-state index contributed by atoms with van der Waals surface area (Å²) in [6.45, 7) is 5.82. The van der Waals surface area contributed by atoms with E-state index in [0.717, 1.165) is 41.7 Å². The van der Waals surface area contributed by atoms with E-state index in [4.69, 9.17) is 0 Å². The molecule has 0 aliphatic heterocycles. The standard InChI is InChI=1S/C14H17FN2/c1-3-6-16-9-11-7-10(2)17-14-5-4-12(15)8-13(11)14/h4-5,7-8,16H,3,6,9H2,1-2H3. The number of nitrogens with one attached hydrogen (secondary N) is 1. The minimum Gasteiger partial charge on any atom is -0.313 e. The number of pyridine rings is 1. The minimum absolute atomic E-state index is 0.208. The lowest BCUT2D eigenvalue weighted by molar-refractivity contribution is 0.629. The molecule has 17 heavy (non-hydrogen) atoms. The fourth-order valence-corrected chi connectivity index (χ4v) is 1.96. The van der Waals surface area contributed by atoms with Crippen molar-refractivity contribution in [3.05, 3.63) is 41.3 Å². The van der Waals surface area contributed by atoms with E-state index in [1.807, 2.05) is 13.0 Å². The molecule has 1 aromatic heterocycles. The number of aromatic nitrogens is 1. The number of halogens is 1. The second-order valence-corrected chi connectivity index (χ2v) is 4.26. The van der Waals surface area contributed by atoms with Crippen LogP contribution >= 0.6 is 0 Å². The number of benzene rings is 1. The van der Waals surface area contributed by atoms with Crippen LogP contribution in [0.3, 0.4) is 0 Å². The molecule has 2 rings (SSSR count). The summed E-state index contributed by atoms with van der Waals surface area (Å²) in [5, 5.41) is 4.24. The van der Waals surface area contributed by atoms with Gasteiger partial charge >= 0.3 is 0 Å². The van der Waals surface area contributed by atoms with Crippen LogP contribution in [0.5, 0.6) is 0 Å². The molecular formula is C14H17FN2. The van der Waals surface area contributed by atoms with Gasteiger partial charge in [0.2, 0.25) is 0 Å². The smallest absolute Gasteiger partial charge is 0.123 e. The molecule has 0 unspecified atom stereocenters. The fourth-order valence-electron chi connectivity index (χ4n) is 1.96. The summed E-state index contributed by atoms with van der Waals surface area (Å²) < 4.78 is 13.3. The molecule has 1 N–H and O–H groups in total. The third kappa shape index (κ3) is 2.80. The van der Waals surface area contributed by atoms with E-state index in [9.17, 15) is 4.39 Å². The maximum atomic E-state index is 13.3. The molecule has 0 aliphatic rings. The van der Waals surface area contributed by atoms with Gasteiger partial charge in [-0.05, 0) is 49.7 Å². The lowest BCUT2D eigenvalue weighted by atomic mass is 10.1. The van der Waals surface area contributed by atoms with Crippen LogP contribution in [-0.4, -0.2) is 11.5 Å². The van der Waals surface area contributed by atoms with Gasteiger partial charge in [0.25, 0.3) is 0 Å². The number of hydrogen-bond acceptors (Lipinski definition) is 2. The average Bonchev–Trinajstić information content (AvgIpc) is 2.30. The molecule has 0 atom stereocenters. The molecule has 0 saturated carbocycles. The first-order valence-electron chi connectivity index (χ1n) is 5.97. The second-order valence-electron chi connectivity index (χ2n) is 4.26. The van der Waals surface area contributed by atoms with Crippen LogP contribution in [0.25, 0.3) is 10.9 Å². The predicted molar refractivity (Wildman–Crippen MR) is 68.4 cm³/mol. The molecule has 0 saturated heterocycles. The monoisotopic (exact) mass is 232 g/mol. The van der Waals surface area contributed by atoms with Gasteiger partial charge in [0.05, 0.1) is 5.52 Å². The van der Waals surface area contributed by atoms with E-state index < -0.39 is 0 Å². The summed E-state index contributed by atoms with van der Waals surface area (Å²) in [6, 6.07) is 6.77. The quantitative estimate of drug-likeness (QED) is 0.819. The first-order chi connectivity index (χ1) is 8.20. The zero-order valence-electron chi connectivity index (χ0n) is 10.3. The van der Waals surface area contributed by atoms with E-state index >= 15 is 0 Å². The number of aryl methyl sites for hydroxylation is 1. The average molecular weight is 232 g/mol. The molecule has 3 heteroatoms. The fraction of sp³-hybridized carbons (Fsp3) is 0.357. The number of fused-ring (bicyclic) bond motifs is 1. The Morgan fingerprint density at radius 2 is 2.12 bits per heavy atom. The molecule has 0 bridgehead atoms. The van der Waals surface area contributed by atoms with Crippen LogP contribution in [0.2, 0.25) is 0 Å². The Morgan fingerprint density at radius 1 is 1.29 bits per heavy atom. The maximum Gasteiger partial charge on any atom is 0.123 e. The highest BCUT2D eigenvalue weighted by atomic mass is 19.1. The summed E-state index contributed by atoms with van der Waals surface area (Å²) in [7, 11) is 0. The SMILES string of the molecule is CCCNCc1cc(C)nc2ccc(F)cc12. The molecule has 0 aliphatic carbocycles. The summed E-state index contributed by atoms with van der Waals surface area (Å²) in [4.78, 5) is 4.41. The molecule has 1 heterocycles. The van der Waals surface area contributed by atoms with E-state index in [1.165, 1.54) is 6.07 Å². The summed E-state index contributed by atoms with van der Waals surface area (Å²) >= 11 is 0. The van der Waals surface area contributed by atoms with Crippen molar-refractivity contribution in [2.75, 3.05) is 6.54 Å². The second kappa shape index (κ2) is 5.23. The van der Waals surface area contributed by atoms with E-state index in [2.05, 4.69) is 17.2 Å². The molecule has 1 aromatic carbocycles. The van der Waals surface area contributed by atoms with Crippen molar-refractivity contribution in [3.63, 3.8) is 0 Å². The molecule has 2 nitrogen and oxygen atoms in total. The first-order valence-corrected chi connectivity index (χ1v) is 5.97. The van der Waals surface area contributed by atoms with Crippen molar-refractivity contribution in [2.24, 2.45) is 0 Å². The molecule has 0 spiro atoms. The van der Waals surface area contributed by atoms with Crippen LogP contribution in [0, 0.1) is 12.7 Å². The Labute approximate surface area is 101 Å². The highest BCUT2D eigenvalue weighted by Crippen LogP contribution is 2.19. The van der Waals surface area contributed by atoms with Crippen LogP contribution in [0.1, 0.15) is 24.6 Å². The molecule has 0 amide bonds. The zero-order valence-corrected chi connectivity index (χ0v) is 10.3. The Bertz CT molecular complexity index is 523. The number of nitrogens with zero attached hydrogens (tertiary/aromatic N) is 1. The number of hydrogen-bond donors (Lipinski definition) is 1. The summed E-state index contributed by atoms with van der Waals surface area (Å²) in [6.07, 6.45) is 1.09. The van der Waals surface area contributed by atoms with E-state index in [1.54, 1.807) is 12.1 Å². The van der Waals surface area contributed by atoms with E-state index in [0.29, 0.717) is 0 Å². The largest absolute Gasteiger partial charge is 0.313 e. The Balaban J connectivity index is 2.40. The third-order valence-corrected chi connectivity index (χ3v) is 2.73. The third-order valence-electron chi connectivity index (χ3n) is 2.73. The van der Waals surface area contributed by atoms with Gasteiger partial charge in [0.1, 0.15) is 5.82 Å². The highest BCUT2D eigenvalue weighted by Gasteiger charge is 2.04. The molecule has 0 radical (unpaired) electrons. The lowest BCUT2D eigenvalue weighted by Crippen LogP contribution is -2.14. The maximum absolute atomic E-state index is 13.3. The van der Waals surface area contributed by atoms with Gasteiger partial charge in [-0.3, -0.25) is 4.98 Å². The molecule has 90 valence electrons. The van der Waals surface area contributed by atoms with E-state index in [-0.39, 0.29) is 5.82 Å². The van der Waals surface area contributed by atoms with Crippen molar-refractivity contribution < 1.29 is 4.39 Å². The predicted octanol–water partition coefficient (Wildman–Crippen LogP) is 3.18. The molecule has 0 fully saturated rings. The number of rotatable bonds is 4. The molecule has 2 aromatic rings. The van der Waals surface area contributed by atoms with Gasteiger partial charge in [-0.25, -0.2) is 4.39 Å². The van der Waals surface area contributed by atoms with Gasteiger partial charge < -0.3 is 5.32 Å². The van der Waals surface area contributed by atoms with Crippen LogP contribution in [-0.2, 0) is 6.54 Å². The van der Waals surface area contributed by atoms with Gasteiger partial charge in [0, 0.05) is 17.6 Å². The van der Waals surface area contributed by atoms with Crippen LogP contribution in [0.15, 0.2) is 24.3 Å². The topological polar surface area (TPSA) is 24.9 Å². The van der Waals surface area contributed by atoms with Crippen LogP contribution in [0.4, 0.5) is 4.39 Å². The van der Waals surface area contributed by atoms with Gasteiger partial charge in [-0.1, -0.05) is 6.92 Å². The normalized spacial score (nSPS) is 11.0. The zero-order chi connectivity index (χ0) is 12.3. The molecular weight excluding hydrogens is 215 g/mol. The van der Waals surface area contributed by atoms with Crippen LogP contribution < -0.4 is 5.32 Å². The van der Waals surface area contributed by atoms with Crippen molar-refractivity contribution >= 4 is 10.9 Å². The lowest BCUT2D eigenvalue weighted by Gasteiger charge is -2.09. The van der Waals surface area contributed by atoms with Gasteiger partial charge in [-0.2, -0.15) is 0 Å². The van der Waals surface area contributed by atoms with Gasteiger partial charge in [-0.15, -0.1) is 0 Å². The van der Waals surface area contributed by atoms with Gasteiger partial charge in [0.15, 0.2) is 0 Å². The van der Waals surface area contributed by atoms with Crippen molar-refractivity contribution in [1.29, 1.82) is 0 Å². The Hall–Kier alpha value is -1.48. The Kier molecular flexibility index (Phi) is 3.69. The van der Waals surface area contributed by atoms with Crippen molar-refractivity contribution in [1.82, 2.24) is 10.3 Å². The first kappa shape index (κ1) is 12.0. The summed E-state index contributed by atoms with van der Waals surface area (Å²) in [5.74, 6) is -0.208. The highest BCUT2D eigenvalue weighted by molar-refractivity contribution is 5.82.